The second kappa shape index (κ2) is 8.94. The number of carbonyl (C=O) groups excluding carboxylic acids is 1. The van der Waals surface area contributed by atoms with Crippen molar-refractivity contribution < 1.29 is 9.53 Å². The molecule has 0 aliphatic carbocycles. The minimum atomic E-state index is -0.377. The third kappa shape index (κ3) is 4.39. The highest BCUT2D eigenvalue weighted by atomic mass is 16.6. The zero-order valence-electron chi connectivity index (χ0n) is 18.4. The first-order valence-electron chi connectivity index (χ1n) is 11.2. The van der Waals surface area contributed by atoms with Gasteiger partial charge in [-0.2, -0.15) is 10.4 Å². The highest BCUT2D eigenvalue weighted by molar-refractivity contribution is 5.91. The van der Waals surface area contributed by atoms with Crippen LogP contribution in [0.2, 0.25) is 0 Å². The lowest BCUT2D eigenvalue weighted by Gasteiger charge is -2.48. The lowest BCUT2D eigenvalue weighted by Crippen LogP contribution is -2.57. The summed E-state index contributed by atoms with van der Waals surface area (Å²) in [7, 11) is 0. The minimum Gasteiger partial charge on any atom is -0.434 e. The molecule has 2 saturated heterocycles. The summed E-state index contributed by atoms with van der Waals surface area (Å²) < 4.78 is 5.12. The Hall–Kier alpha value is -3.87. The Kier molecular flexibility index (Phi) is 5.69. The minimum absolute atomic E-state index is 0.0962. The number of carbonyl (C=O) groups is 1. The number of anilines is 3. The van der Waals surface area contributed by atoms with Crippen LogP contribution in [0.25, 0.3) is 10.9 Å². The molecule has 2 fully saturated rings. The van der Waals surface area contributed by atoms with Gasteiger partial charge in [0.25, 0.3) is 0 Å². The molecule has 3 atom stereocenters. The van der Waals surface area contributed by atoms with Gasteiger partial charge in [-0.3, -0.25) is 10.1 Å². The number of ether oxygens (including phenoxy) is 1. The molecule has 33 heavy (non-hydrogen) atoms. The number of nitrogens with one attached hydrogen (secondary N) is 3. The Morgan fingerprint density at radius 2 is 2.12 bits per heavy atom. The number of pyridine rings is 2. The quantitative estimate of drug-likeness (QED) is 0.538. The van der Waals surface area contributed by atoms with Crippen LogP contribution in [0.3, 0.4) is 0 Å². The van der Waals surface area contributed by atoms with Crippen molar-refractivity contribution >= 4 is 34.4 Å². The summed E-state index contributed by atoms with van der Waals surface area (Å²) in [6.45, 7) is 1.73. The predicted molar refractivity (Wildman–Crippen MR) is 123 cm³/mol. The van der Waals surface area contributed by atoms with Gasteiger partial charge < -0.3 is 20.3 Å². The monoisotopic (exact) mass is 446 g/mol. The number of amides is 1. The number of aromatic amines is 1. The molecule has 2 bridgehead atoms. The molecule has 0 spiro atoms. The van der Waals surface area contributed by atoms with Crippen molar-refractivity contribution in [1.82, 2.24) is 25.1 Å². The number of H-pyrrole nitrogens is 1. The van der Waals surface area contributed by atoms with E-state index in [1.165, 1.54) is 0 Å². The average Bonchev–Trinajstić information content (AvgIpc) is 3.21. The van der Waals surface area contributed by atoms with Crippen molar-refractivity contribution in [3.05, 3.63) is 36.2 Å². The molecule has 1 amide bonds. The van der Waals surface area contributed by atoms with Crippen molar-refractivity contribution in [2.75, 3.05) is 17.2 Å². The molecule has 5 heterocycles. The molecule has 10 nitrogen and oxygen atoms in total. The molecule has 1 unspecified atom stereocenters. The van der Waals surface area contributed by atoms with Gasteiger partial charge in [-0.1, -0.05) is 0 Å². The Balaban J connectivity index is 1.38. The molecule has 170 valence electrons. The van der Waals surface area contributed by atoms with Gasteiger partial charge in [0.05, 0.1) is 5.52 Å². The van der Waals surface area contributed by atoms with Crippen molar-refractivity contribution in [3.8, 4) is 6.07 Å². The molecule has 3 aromatic heterocycles. The summed E-state index contributed by atoms with van der Waals surface area (Å²) in [6, 6.07) is 9.98. The first-order chi connectivity index (χ1) is 16.1. The van der Waals surface area contributed by atoms with Crippen LogP contribution >= 0.6 is 0 Å². The lowest BCUT2D eigenvalue weighted by molar-refractivity contribution is 0.0246. The molecule has 0 radical (unpaired) electrons. The molecular weight excluding hydrogens is 420 g/mol. The predicted octanol–water partition coefficient (Wildman–Crippen LogP) is 3.86. The van der Waals surface area contributed by atoms with Gasteiger partial charge in [-0.05, 0) is 51.2 Å². The first-order valence-corrected chi connectivity index (χ1v) is 11.2. The molecular formula is C23H26N8O2. The normalized spacial score (nSPS) is 21.9. The zero-order chi connectivity index (χ0) is 22.8. The fourth-order valence-electron chi connectivity index (χ4n) is 5.02. The van der Waals surface area contributed by atoms with Crippen LogP contribution in [0.5, 0.6) is 0 Å². The number of piperidine rings is 2. The van der Waals surface area contributed by atoms with E-state index in [4.69, 9.17) is 15.0 Å². The number of hydrogen-bond donors (Lipinski definition) is 3. The van der Waals surface area contributed by atoms with Crippen molar-refractivity contribution in [2.45, 2.75) is 57.2 Å². The third-order valence-corrected chi connectivity index (χ3v) is 6.35. The van der Waals surface area contributed by atoms with E-state index in [-0.39, 0.29) is 30.8 Å². The van der Waals surface area contributed by atoms with Crippen LogP contribution in [0.4, 0.5) is 22.2 Å². The molecule has 5 rings (SSSR count). The Bertz CT molecular complexity index is 1190. The van der Waals surface area contributed by atoms with Gasteiger partial charge in [-0.15, -0.1) is 0 Å². The van der Waals surface area contributed by atoms with E-state index in [1.54, 1.807) is 6.20 Å². The van der Waals surface area contributed by atoms with Gasteiger partial charge in [0.15, 0.2) is 12.4 Å². The fourth-order valence-corrected chi connectivity index (χ4v) is 5.02. The molecule has 10 heteroatoms. The Morgan fingerprint density at radius 3 is 2.85 bits per heavy atom. The zero-order valence-corrected chi connectivity index (χ0v) is 18.4. The van der Waals surface area contributed by atoms with Gasteiger partial charge in [0, 0.05) is 47.5 Å². The number of aryl methyl sites for hydroxylation is 1. The second-order valence-corrected chi connectivity index (χ2v) is 8.66. The molecule has 3 aromatic rings. The van der Waals surface area contributed by atoms with Crippen LogP contribution in [-0.2, 0) is 4.74 Å². The summed E-state index contributed by atoms with van der Waals surface area (Å²) in [5.74, 6) is 2.12. The SMILES string of the molecule is Cc1cc(Nc2cc3ncccc3c(NC3C[C@H]4CCC[C@@H](C3)N4C(=O)OCC#N)n2)n[nH]1. The van der Waals surface area contributed by atoms with Gasteiger partial charge >= 0.3 is 6.09 Å². The average molecular weight is 447 g/mol. The highest BCUT2D eigenvalue weighted by Crippen LogP contribution is 2.36. The van der Waals surface area contributed by atoms with E-state index in [0.717, 1.165) is 54.5 Å². The van der Waals surface area contributed by atoms with Crippen LogP contribution in [0.15, 0.2) is 30.5 Å². The lowest BCUT2D eigenvalue weighted by atomic mass is 9.82. The smallest absolute Gasteiger partial charge is 0.411 e. The second-order valence-electron chi connectivity index (χ2n) is 8.66. The first kappa shape index (κ1) is 21.0. The fraction of sp³-hybridized carbons (Fsp3) is 0.435. The van der Waals surface area contributed by atoms with Crippen molar-refractivity contribution in [2.24, 2.45) is 0 Å². The number of fused-ring (bicyclic) bond motifs is 3. The largest absolute Gasteiger partial charge is 0.434 e. The Labute approximate surface area is 191 Å². The highest BCUT2D eigenvalue weighted by Gasteiger charge is 2.41. The topological polar surface area (TPSA) is 132 Å². The summed E-state index contributed by atoms with van der Waals surface area (Å²) >= 11 is 0. The maximum Gasteiger partial charge on any atom is 0.411 e. The maximum atomic E-state index is 12.5. The molecule has 2 aliphatic rings. The van der Waals surface area contributed by atoms with Crippen LogP contribution in [0, 0.1) is 18.3 Å². The van der Waals surface area contributed by atoms with Crippen LogP contribution in [-0.4, -0.2) is 55.9 Å². The number of hydrogen-bond acceptors (Lipinski definition) is 8. The van der Waals surface area contributed by atoms with E-state index < -0.39 is 0 Å². The molecule has 0 saturated carbocycles. The number of aromatic nitrogens is 4. The van der Waals surface area contributed by atoms with Crippen molar-refractivity contribution in [1.29, 1.82) is 5.26 Å². The molecule has 3 N–H and O–H groups in total. The number of nitrogens with zero attached hydrogens (tertiary/aromatic N) is 5. The van der Waals surface area contributed by atoms with Crippen LogP contribution < -0.4 is 10.6 Å². The Morgan fingerprint density at radius 1 is 1.30 bits per heavy atom. The summed E-state index contributed by atoms with van der Waals surface area (Å²) in [6.07, 6.45) is 5.97. The number of rotatable bonds is 5. The van der Waals surface area contributed by atoms with Crippen LogP contribution in [0.1, 0.15) is 37.8 Å². The number of nitriles is 1. The summed E-state index contributed by atoms with van der Waals surface area (Å²) in [4.78, 5) is 23.7. The van der Waals surface area contributed by atoms with E-state index in [1.807, 2.05) is 42.2 Å². The van der Waals surface area contributed by atoms with E-state index >= 15 is 0 Å². The van der Waals surface area contributed by atoms with Gasteiger partial charge in [-0.25, -0.2) is 9.78 Å². The molecule has 0 aromatic carbocycles. The van der Waals surface area contributed by atoms with E-state index in [2.05, 4.69) is 25.8 Å². The van der Waals surface area contributed by atoms with Crippen molar-refractivity contribution in [3.63, 3.8) is 0 Å². The van der Waals surface area contributed by atoms with Gasteiger partial charge in [0.1, 0.15) is 17.7 Å². The summed E-state index contributed by atoms with van der Waals surface area (Å²) in [5.41, 5.74) is 1.80. The summed E-state index contributed by atoms with van der Waals surface area (Å²) in [5, 5.41) is 23.7. The van der Waals surface area contributed by atoms with Gasteiger partial charge in [0.2, 0.25) is 0 Å². The standard InChI is InChI=1S/C23H26N8O2/c1-14-10-21(30-29-14)27-20-13-19-18(6-3-8-25-19)22(28-20)26-15-11-16-4-2-5-17(12-15)31(16)23(32)33-9-7-24/h3,6,8,10,13,15-17H,2,4-5,9,11-12H2,1H3,(H3,26,27,28,29,30)/t15?,16-,17+. The molecule has 2 aliphatic heterocycles. The third-order valence-electron chi connectivity index (χ3n) is 6.35. The van der Waals surface area contributed by atoms with E-state index in [0.29, 0.717) is 11.6 Å². The maximum absolute atomic E-state index is 12.5. The van der Waals surface area contributed by atoms with E-state index in [9.17, 15) is 4.79 Å².